The normalized spacial score (nSPS) is 10.4. The van der Waals surface area contributed by atoms with E-state index in [9.17, 15) is 0 Å². The van der Waals surface area contributed by atoms with Gasteiger partial charge in [-0.3, -0.25) is 0 Å². The second-order valence-corrected chi connectivity index (χ2v) is 4.70. The SMILES string of the molecule is CCOCCc1ccc(Br)s1. The van der Waals surface area contributed by atoms with Gasteiger partial charge in [-0.15, -0.1) is 11.3 Å². The summed E-state index contributed by atoms with van der Waals surface area (Å²) >= 11 is 5.19. The van der Waals surface area contributed by atoms with Gasteiger partial charge in [-0.1, -0.05) is 0 Å². The molecule has 0 spiro atoms. The first kappa shape index (κ1) is 9.23. The third-order valence-electron chi connectivity index (χ3n) is 1.33. The summed E-state index contributed by atoms with van der Waals surface area (Å²) in [5, 5.41) is 0. The highest BCUT2D eigenvalue weighted by Gasteiger charge is 1.96. The molecule has 0 unspecified atom stereocenters. The van der Waals surface area contributed by atoms with Gasteiger partial charge < -0.3 is 4.74 Å². The largest absolute Gasteiger partial charge is 0.381 e. The molecule has 0 aromatic carbocycles. The van der Waals surface area contributed by atoms with Crippen LogP contribution in [-0.2, 0) is 11.2 Å². The molecule has 1 rings (SSSR count). The van der Waals surface area contributed by atoms with E-state index in [1.54, 1.807) is 11.3 Å². The molecule has 0 aliphatic heterocycles. The van der Waals surface area contributed by atoms with E-state index >= 15 is 0 Å². The van der Waals surface area contributed by atoms with Gasteiger partial charge in [0.25, 0.3) is 0 Å². The van der Waals surface area contributed by atoms with Crippen LogP contribution in [0.5, 0.6) is 0 Å². The highest BCUT2D eigenvalue weighted by atomic mass is 79.9. The van der Waals surface area contributed by atoms with Crippen LogP contribution in [-0.4, -0.2) is 13.2 Å². The molecule has 1 aromatic rings. The minimum atomic E-state index is 0.812. The predicted molar refractivity (Wildman–Crippen MR) is 52.2 cm³/mol. The summed E-state index contributed by atoms with van der Waals surface area (Å²) in [4.78, 5) is 1.38. The first-order chi connectivity index (χ1) is 5.33. The Morgan fingerprint density at radius 1 is 1.55 bits per heavy atom. The van der Waals surface area contributed by atoms with Gasteiger partial charge in [0.1, 0.15) is 0 Å². The fourth-order valence-corrected chi connectivity index (χ4v) is 2.27. The highest BCUT2D eigenvalue weighted by Crippen LogP contribution is 2.22. The molecule has 3 heteroatoms. The van der Waals surface area contributed by atoms with Crippen LogP contribution in [0.1, 0.15) is 11.8 Å². The van der Waals surface area contributed by atoms with E-state index in [1.165, 1.54) is 8.66 Å². The molecule has 0 radical (unpaired) electrons. The van der Waals surface area contributed by atoms with Gasteiger partial charge in [-0.25, -0.2) is 0 Å². The van der Waals surface area contributed by atoms with Crippen LogP contribution >= 0.6 is 27.3 Å². The zero-order valence-electron chi connectivity index (χ0n) is 6.47. The summed E-state index contributed by atoms with van der Waals surface area (Å²) in [6.07, 6.45) is 1.03. The van der Waals surface area contributed by atoms with Crippen molar-refractivity contribution in [2.45, 2.75) is 13.3 Å². The zero-order valence-corrected chi connectivity index (χ0v) is 8.87. The fraction of sp³-hybridized carbons (Fsp3) is 0.500. The maximum atomic E-state index is 5.24. The molecule has 0 bridgehead atoms. The van der Waals surface area contributed by atoms with E-state index in [-0.39, 0.29) is 0 Å². The summed E-state index contributed by atoms with van der Waals surface area (Å²) < 4.78 is 6.44. The Morgan fingerprint density at radius 2 is 2.36 bits per heavy atom. The number of hydrogen-bond donors (Lipinski definition) is 0. The molecule has 0 fully saturated rings. The molecule has 1 aromatic heterocycles. The molecule has 1 heterocycles. The molecule has 0 atom stereocenters. The lowest BCUT2D eigenvalue weighted by molar-refractivity contribution is 0.151. The number of ether oxygens (including phenoxy) is 1. The van der Waals surface area contributed by atoms with Crippen molar-refractivity contribution in [2.24, 2.45) is 0 Å². The van der Waals surface area contributed by atoms with Gasteiger partial charge >= 0.3 is 0 Å². The van der Waals surface area contributed by atoms with Gasteiger partial charge in [-0.2, -0.15) is 0 Å². The summed E-state index contributed by atoms with van der Waals surface area (Å²) in [5.74, 6) is 0. The van der Waals surface area contributed by atoms with Crippen LogP contribution in [0.2, 0.25) is 0 Å². The third-order valence-corrected chi connectivity index (χ3v) is 3.01. The smallest absolute Gasteiger partial charge is 0.0701 e. The maximum Gasteiger partial charge on any atom is 0.0701 e. The lowest BCUT2D eigenvalue weighted by Gasteiger charge is -1.96. The van der Waals surface area contributed by atoms with Gasteiger partial charge in [0.05, 0.1) is 10.4 Å². The van der Waals surface area contributed by atoms with Crippen molar-refractivity contribution in [1.82, 2.24) is 0 Å². The van der Waals surface area contributed by atoms with E-state index in [4.69, 9.17) is 4.74 Å². The minimum absolute atomic E-state index is 0.812. The predicted octanol–water partition coefficient (Wildman–Crippen LogP) is 3.09. The summed E-state index contributed by atoms with van der Waals surface area (Å²) in [7, 11) is 0. The van der Waals surface area contributed by atoms with E-state index < -0.39 is 0 Å². The van der Waals surface area contributed by atoms with Crippen molar-refractivity contribution in [3.8, 4) is 0 Å². The molecule has 0 amide bonds. The monoisotopic (exact) mass is 234 g/mol. The topological polar surface area (TPSA) is 9.23 Å². The zero-order chi connectivity index (χ0) is 8.10. The minimum Gasteiger partial charge on any atom is -0.381 e. The number of halogens is 1. The fourth-order valence-electron chi connectivity index (χ4n) is 0.803. The second-order valence-electron chi connectivity index (χ2n) is 2.15. The van der Waals surface area contributed by atoms with Crippen LogP contribution < -0.4 is 0 Å². The molecule has 62 valence electrons. The molecule has 0 aliphatic carbocycles. The van der Waals surface area contributed by atoms with E-state index in [0.717, 1.165) is 19.6 Å². The Morgan fingerprint density at radius 3 is 2.91 bits per heavy atom. The van der Waals surface area contributed by atoms with Crippen LogP contribution in [0.25, 0.3) is 0 Å². The Kier molecular flexibility index (Phi) is 4.12. The average Bonchev–Trinajstić information content (AvgIpc) is 2.37. The van der Waals surface area contributed by atoms with E-state index in [0.29, 0.717) is 0 Å². The summed E-state index contributed by atoms with van der Waals surface area (Å²) in [5.41, 5.74) is 0. The first-order valence-electron chi connectivity index (χ1n) is 3.65. The van der Waals surface area contributed by atoms with Crippen molar-refractivity contribution in [1.29, 1.82) is 0 Å². The molecule has 0 aliphatic rings. The molecule has 0 saturated carbocycles. The number of thiophene rings is 1. The number of hydrogen-bond acceptors (Lipinski definition) is 2. The van der Waals surface area contributed by atoms with Crippen molar-refractivity contribution >= 4 is 27.3 Å². The van der Waals surface area contributed by atoms with Crippen LogP contribution in [0, 0.1) is 0 Å². The van der Waals surface area contributed by atoms with Crippen molar-refractivity contribution < 1.29 is 4.74 Å². The van der Waals surface area contributed by atoms with Crippen molar-refractivity contribution in [3.05, 3.63) is 20.8 Å². The lowest BCUT2D eigenvalue weighted by Crippen LogP contribution is -1.95. The molecule has 0 N–H and O–H groups in total. The van der Waals surface area contributed by atoms with Crippen LogP contribution in [0.4, 0.5) is 0 Å². The van der Waals surface area contributed by atoms with Crippen LogP contribution in [0.3, 0.4) is 0 Å². The third kappa shape index (κ3) is 3.36. The summed E-state index contributed by atoms with van der Waals surface area (Å²) in [6.45, 7) is 3.67. The van der Waals surface area contributed by atoms with E-state index in [1.807, 2.05) is 6.92 Å². The van der Waals surface area contributed by atoms with E-state index in [2.05, 4.69) is 28.1 Å². The van der Waals surface area contributed by atoms with Gasteiger partial charge in [-0.05, 0) is 35.0 Å². The highest BCUT2D eigenvalue weighted by molar-refractivity contribution is 9.11. The average molecular weight is 235 g/mol. The van der Waals surface area contributed by atoms with Gasteiger partial charge in [0, 0.05) is 17.9 Å². The van der Waals surface area contributed by atoms with Crippen molar-refractivity contribution in [3.63, 3.8) is 0 Å². The van der Waals surface area contributed by atoms with Gasteiger partial charge in [0.15, 0.2) is 0 Å². The number of rotatable bonds is 4. The molecule has 11 heavy (non-hydrogen) atoms. The summed E-state index contributed by atoms with van der Waals surface area (Å²) in [6, 6.07) is 4.21. The first-order valence-corrected chi connectivity index (χ1v) is 5.26. The Hall–Kier alpha value is 0.140. The Balaban J connectivity index is 2.27. The standard InChI is InChI=1S/C8H11BrOS/c1-2-10-6-5-7-3-4-8(9)11-7/h3-4H,2,5-6H2,1H3. The Bertz CT molecular complexity index is 210. The molecule has 0 saturated heterocycles. The maximum absolute atomic E-state index is 5.24. The molecular formula is C8H11BrOS. The quantitative estimate of drug-likeness (QED) is 0.728. The van der Waals surface area contributed by atoms with Crippen LogP contribution in [0.15, 0.2) is 15.9 Å². The van der Waals surface area contributed by atoms with Gasteiger partial charge in [0.2, 0.25) is 0 Å². The second kappa shape index (κ2) is 4.91. The molecule has 1 nitrogen and oxygen atoms in total. The lowest BCUT2D eigenvalue weighted by atomic mass is 10.4. The molecular weight excluding hydrogens is 224 g/mol. The Labute approximate surface area is 79.5 Å². The van der Waals surface area contributed by atoms with Crippen molar-refractivity contribution in [2.75, 3.05) is 13.2 Å².